The van der Waals surface area contributed by atoms with Crippen molar-refractivity contribution >= 4 is 11.5 Å². The highest BCUT2D eigenvalue weighted by atomic mass is 19.3. The molecule has 0 aliphatic heterocycles. The number of hydrogen-bond acceptors (Lipinski definition) is 2. The monoisotopic (exact) mass is 315 g/mol. The third-order valence-electron chi connectivity index (χ3n) is 2.97. The molecule has 22 heavy (non-hydrogen) atoms. The molecular weight excluding hydrogens is 305 g/mol. The minimum Gasteiger partial charge on any atom is -0.323 e. The number of halogens is 5. The van der Waals surface area contributed by atoms with Gasteiger partial charge in [-0.05, 0) is 43.3 Å². The van der Waals surface area contributed by atoms with Crippen molar-refractivity contribution in [3.8, 4) is 0 Å². The Kier molecular flexibility index (Phi) is 4.16. The average molecular weight is 315 g/mol. The molecule has 2 aromatic rings. The molecule has 0 radical (unpaired) electrons. The summed E-state index contributed by atoms with van der Waals surface area (Å²) in [6.45, 7) is 1.31. The van der Waals surface area contributed by atoms with Crippen molar-refractivity contribution in [2.75, 3.05) is 5.32 Å². The first kappa shape index (κ1) is 15.9. The summed E-state index contributed by atoms with van der Waals surface area (Å²) in [6, 6.07) is 1.93. The van der Waals surface area contributed by atoms with Crippen molar-refractivity contribution in [3.05, 3.63) is 65.0 Å². The van der Waals surface area contributed by atoms with Gasteiger partial charge in [0.1, 0.15) is 0 Å². The van der Waals surface area contributed by atoms with Gasteiger partial charge < -0.3 is 5.32 Å². The molecular formula is C15H10F5NO. The second-order valence-corrected chi connectivity index (χ2v) is 4.56. The van der Waals surface area contributed by atoms with Crippen molar-refractivity contribution in [2.45, 2.75) is 13.0 Å². The first-order chi connectivity index (χ1) is 10.2. The minimum atomic E-state index is -3.96. The van der Waals surface area contributed by atoms with E-state index in [2.05, 4.69) is 0 Å². The van der Waals surface area contributed by atoms with Gasteiger partial charge in [0.25, 0.3) is 0 Å². The van der Waals surface area contributed by atoms with Gasteiger partial charge in [-0.2, -0.15) is 8.78 Å². The molecule has 7 heteroatoms. The van der Waals surface area contributed by atoms with E-state index in [1.165, 1.54) is 31.2 Å². The van der Waals surface area contributed by atoms with Crippen LogP contribution in [0.25, 0.3) is 0 Å². The molecule has 0 spiro atoms. The van der Waals surface area contributed by atoms with Gasteiger partial charge in [-0.1, -0.05) is 0 Å². The van der Waals surface area contributed by atoms with Crippen LogP contribution in [0.5, 0.6) is 0 Å². The molecule has 0 saturated carbocycles. The fourth-order valence-corrected chi connectivity index (χ4v) is 1.81. The summed E-state index contributed by atoms with van der Waals surface area (Å²) in [7, 11) is 0. The molecule has 0 heterocycles. The van der Waals surface area contributed by atoms with Crippen LogP contribution in [0.3, 0.4) is 0 Å². The van der Waals surface area contributed by atoms with Gasteiger partial charge in [0, 0.05) is 11.3 Å². The summed E-state index contributed by atoms with van der Waals surface area (Å²) in [5.41, 5.74) is -1.12. The number of Topliss-reactive ketones (excluding diaryl/α,β-unsaturated/α-hetero) is 1. The van der Waals surface area contributed by atoms with Gasteiger partial charge in [0.15, 0.2) is 23.2 Å². The topological polar surface area (TPSA) is 29.1 Å². The summed E-state index contributed by atoms with van der Waals surface area (Å²) in [4.78, 5) is 11.1. The molecule has 0 amide bonds. The standard InChI is InChI=1S/C15H10F5NO/c1-8(22)9-2-4-10(5-3-9)21-15(19,20)11-6-7-12(16)14(18)13(11)17/h2-7,21H,1H3. The van der Waals surface area contributed by atoms with E-state index in [1.54, 1.807) is 5.32 Å². The number of benzene rings is 2. The molecule has 0 aliphatic rings. The number of rotatable bonds is 4. The highest BCUT2D eigenvalue weighted by Crippen LogP contribution is 2.33. The van der Waals surface area contributed by atoms with E-state index >= 15 is 0 Å². The third kappa shape index (κ3) is 3.08. The highest BCUT2D eigenvalue weighted by molar-refractivity contribution is 5.94. The van der Waals surface area contributed by atoms with Crippen molar-refractivity contribution in [3.63, 3.8) is 0 Å². The van der Waals surface area contributed by atoms with Gasteiger partial charge in [0.05, 0.1) is 5.56 Å². The molecule has 116 valence electrons. The highest BCUT2D eigenvalue weighted by Gasteiger charge is 2.36. The number of nitrogens with one attached hydrogen (secondary N) is 1. The van der Waals surface area contributed by atoms with Crippen LogP contribution < -0.4 is 5.32 Å². The molecule has 0 atom stereocenters. The van der Waals surface area contributed by atoms with Crippen LogP contribution in [0.4, 0.5) is 27.6 Å². The Morgan fingerprint density at radius 3 is 2.09 bits per heavy atom. The number of anilines is 1. The van der Waals surface area contributed by atoms with Crippen LogP contribution in [0.15, 0.2) is 36.4 Å². The molecule has 2 rings (SSSR count). The molecule has 0 unspecified atom stereocenters. The maximum absolute atomic E-state index is 14.0. The first-order valence-corrected chi connectivity index (χ1v) is 6.13. The zero-order valence-corrected chi connectivity index (χ0v) is 11.3. The Bertz CT molecular complexity index is 713. The fraction of sp³-hybridized carbons (Fsp3) is 0.133. The smallest absolute Gasteiger partial charge is 0.323 e. The number of carbonyl (C=O) groups excluding carboxylic acids is 1. The van der Waals surface area contributed by atoms with Crippen LogP contribution >= 0.6 is 0 Å². The largest absolute Gasteiger partial charge is 0.353 e. The van der Waals surface area contributed by atoms with Gasteiger partial charge in [-0.15, -0.1) is 0 Å². The maximum Gasteiger partial charge on any atom is 0.353 e. The Morgan fingerprint density at radius 2 is 1.55 bits per heavy atom. The Balaban J connectivity index is 2.31. The zero-order valence-electron chi connectivity index (χ0n) is 11.3. The van der Waals surface area contributed by atoms with Crippen molar-refractivity contribution in [1.82, 2.24) is 0 Å². The molecule has 0 bridgehead atoms. The minimum absolute atomic E-state index is 0.112. The zero-order chi connectivity index (χ0) is 16.5. The lowest BCUT2D eigenvalue weighted by Crippen LogP contribution is -2.26. The third-order valence-corrected chi connectivity index (χ3v) is 2.97. The second kappa shape index (κ2) is 5.75. The molecule has 2 nitrogen and oxygen atoms in total. The van der Waals surface area contributed by atoms with Crippen molar-refractivity contribution in [1.29, 1.82) is 0 Å². The van der Waals surface area contributed by atoms with E-state index in [4.69, 9.17) is 0 Å². The van der Waals surface area contributed by atoms with E-state index in [0.29, 0.717) is 17.7 Å². The SMILES string of the molecule is CC(=O)c1ccc(NC(F)(F)c2ccc(F)c(F)c2F)cc1. The molecule has 0 fully saturated rings. The van der Waals surface area contributed by atoms with E-state index in [0.717, 1.165) is 0 Å². The molecule has 0 saturated heterocycles. The predicted octanol–water partition coefficient (Wildman–Crippen LogP) is 4.47. The predicted molar refractivity (Wildman–Crippen MR) is 70.3 cm³/mol. The fourth-order valence-electron chi connectivity index (χ4n) is 1.81. The number of hydrogen-bond donors (Lipinski definition) is 1. The Labute approximate surface area is 122 Å². The molecule has 0 aliphatic carbocycles. The number of ketones is 1. The van der Waals surface area contributed by atoms with E-state index < -0.39 is 29.1 Å². The number of alkyl halides is 2. The van der Waals surface area contributed by atoms with Gasteiger partial charge in [0.2, 0.25) is 0 Å². The summed E-state index contributed by atoms with van der Waals surface area (Å²) >= 11 is 0. The lowest BCUT2D eigenvalue weighted by molar-refractivity contribution is 0.0237. The maximum atomic E-state index is 14.0. The van der Waals surface area contributed by atoms with E-state index in [9.17, 15) is 26.7 Å². The molecule has 2 aromatic carbocycles. The summed E-state index contributed by atoms with van der Waals surface area (Å²) in [5, 5.41) is 1.71. The van der Waals surface area contributed by atoms with Crippen molar-refractivity contribution < 1.29 is 26.7 Å². The van der Waals surface area contributed by atoms with Crippen LogP contribution in [-0.2, 0) is 6.05 Å². The first-order valence-electron chi connectivity index (χ1n) is 6.13. The average Bonchev–Trinajstić information content (AvgIpc) is 2.44. The van der Waals surface area contributed by atoms with Crippen LogP contribution in [-0.4, -0.2) is 5.78 Å². The van der Waals surface area contributed by atoms with E-state index in [-0.39, 0.29) is 11.5 Å². The summed E-state index contributed by atoms with van der Waals surface area (Å²) in [6.07, 6.45) is 0. The summed E-state index contributed by atoms with van der Waals surface area (Å²) < 4.78 is 67.2. The Hall–Kier alpha value is -2.44. The summed E-state index contributed by atoms with van der Waals surface area (Å²) in [5.74, 6) is -5.73. The lowest BCUT2D eigenvalue weighted by Gasteiger charge is -2.20. The van der Waals surface area contributed by atoms with E-state index in [1.807, 2.05) is 0 Å². The van der Waals surface area contributed by atoms with Gasteiger partial charge in [-0.25, -0.2) is 13.2 Å². The van der Waals surface area contributed by atoms with Crippen LogP contribution in [0, 0.1) is 17.5 Å². The van der Waals surface area contributed by atoms with Gasteiger partial charge >= 0.3 is 6.05 Å². The Morgan fingerprint density at radius 1 is 0.955 bits per heavy atom. The lowest BCUT2D eigenvalue weighted by atomic mass is 10.1. The quantitative estimate of drug-likeness (QED) is 0.390. The molecule has 0 aromatic heterocycles. The van der Waals surface area contributed by atoms with Crippen molar-refractivity contribution in [2.24, 2.45) is 0 Å². The van der Waals surface area contributed by atoms with Crippen LogP contribution in [0.1, 0.15) is 22.8 Å². The van der Waals surface area contributed by atoms with Gasteiger partial charge in [-0.3, -0.25) is 4.79 Å². The van der Waals surface area contributed by atoms with Crippen LogP contribution in [0.2, 0.25) is 0 Å². The molecule has 1 N–H and O–H groups in total. The normalized spacial score (nSPS) is 11.4. The number of carbonyl (C=O) groups is 1. The second-order valence-electron chi connectivity index (χ2n) is 4.56.